The summed E-state index contributed by atoms with van der Waals surface area (Å²) in [6.45, 7) is 5.00. The lowest BCUT2D eigenvalue weighted by molar-refractivity contribution is 0.323. The van der Waals surface area contributed by atoms with E-state index in [0.717, 1.165) is 24.6 Å². The molecule has 1 aliphatic heterocycles. The van der Waals surface area contributed by atoms with Crippen molar-refractivity contribution < 1.29 is 14.2 Å². The Morgan fingerprint density at radius 3 is 2.25 bits per heavy atom. The first-order valence-corrected chi connectivity index (χ1v) is 10.7. The Balaban J connectivity index is 0.00000363. The molecule has 32 heavy (non-hydrogen) atoms. The van der Waals surface area contributed by atoms with E-state index in [2.05, 4.69) is 51.7 Å². The fraction of sp³-hybridized carbons (Fsp3) is 0.458. The molecule has 1 aliphatic rings. The van der Waals surface area contributed by atoms with Crippen molar-refractivity contribution >= 4 is 35.6 Å². The predicted octanol–water partition coefficient (Wildman–Crippen LogP) is 4.36. The summed E-state index contributed by atoms with van der Waals surface area (Å²) < 4.78 is 16.3. The second-order valence-corrected chi connectivity index (χ2v) is 7.61. The summed E-state index contributed by atoms with van der Waals surface area (Å²) in [5.74, 6) is 2.58. The van der Waals surface area contributed by atoms with Gasteiger partial charge in [-0.05, 0) is 55.2 Å². The minimum atomic E-state index is 0. The molecular formula is C24H35IN4O3. The normalized spacial score (nSPS) is 14.4. The number of benzene rings is 2. The average molecular weight is 554 g/mol. The molecule has 3 rings (SSSR count). The maximum Gasteiger partial charge on any atom is 0.203 e. The van der Waals surface area contributed by atoms with E-state index in [-0.39, 0.29) is 30.0 Å². The van der Waals surface area contributed by atoms with Crippen molar-refractivity contribution in [2.75, 3.05) is 46.4 Å². The summed E-state index contributed by atoms with van der Waals surface area (Å²) in [7, 11) is 6.61. The molecule has 1 atom stereocenters. The molecule has 1 fully saturated rings. The number of aliphatic imine (C=N–C) groups is 1. The lowest BCUT2D eigenvalue weighted by atomic mass is 10.1. The highest BCUT2D eigenvalue weighted by Gasteiger charge is 2.16. The molecule has 0 radical (unpaired) electrons. The monoisotopic (exact) mass is 554 g/mol. The maximum absolute atomic E-state index is 5.45. The Labute approximate surface area is 208 Å². The van der Waals surface area contributed by atoms with Gasteiger partial charge in [0.15, 0.2) is 17.5 Å². The van der Waals surface area contributed by atoms with Crippen molar-refractivity contribution in [3.8, 4) is 17.2 Å². The molecule has 0 saturated carbocycles. The van der Waals surface area contributed by atoms with Crippen LogP contribution in [0.15, 0.2) is 41.4 Å². The number of nitrogens with zero attached hydrogens (tertiary/aromatic N) is 2. The van der Waals surface area contributed by atoms with Crippen molar-refractivity contribution in [2.45, 2.75) is 32.4 Å². The Morgan fingerprint density at radius 2 is 1.69 bits per heavy atom. The fourth-order valence-corrected chi connectivity index (χ4v) is 3.87. The van der Waals surface area contributed by atoms with Crippen LogP contribution in [0.1, 0.15) is 36.9 Å². The van der Waals surface area contributed by atoms with E-state index in [1.807, 2.05) is 12.1 Å². The number of nitrogens with one attached hydrogen (secondary N) is 2. The maximum atomic E-state index is 5.45. The molecule has 0 aliphatic carbocycles. The second-order valence-electron chi connectivity index (χ2n) is 7.61. The Morgan fingerprint density at radius 1 is 1.03 bits per heavy atom. The van der Waals surface area contributed by atoms with Gasteiger partial charge in [0.1, 0.15) is 0 Å². The van der Waals surface area contributed by atoms with Crippen LogP contribution in [0.25, 0.3) is 0 Å². The van der Waals surface area contributed by atoms with Crippen LogP contribution < -0.4 is 29.7 Å². The van der Waals surface area contributed by atoms with Gasteiger partial charge in [0.25, 0.3) is 0 Å². The van der Waals surface area contributed by atoms with Crippen LogP contribution >= 0.6 is 24.0 Å². The first kappa shape index (κ1) is 25.9. The highest BCUT2D eigenvalue weighted by molar-refractivity contribution is 14.0. The number of guanidine groups is 1. The molecule has 2 N–H and O–H groups in total. The van der Waals surface area contributed by atoms with Crippen molar-refractivity contribution in [2.24, 2.45) is 4.99 Å². The molecule has 0 bridgehead atoms. The van der Waals surface area contributed by atoms with E-state index in [0.29, 0.717) is 23.8 Å². The van der Waals surface area contributed by atoms with Gasteiger partial charge >= 0.3 is 0 Å². The zero-order valence-corrected chi connectivity index (χ0v) is 21.9. The quantitative estimate of drug-likeness (QED) is 0.287. The van der Waals surface area contributed by atoms with Gasteiger partial charge in [0.05, 0.1) is 27.4 Å². The van der Waals surface area contributed by atoms with Crippen molar-refractivity contribution in [3.63, 3.8) is 0 Å². The standard InChI is InChI=1S/C24H34N4O3.HI/c1-17(19-9-8-10-20(15-19)28-11-6-7-12-28)27-24(25-2)26-16-18-13-21(29-3)23(31-5)22(14-18)30-4;/h8-10,13-15,17H,6-7,11-12,16H2,1-5H3,(H2,25,26,27);1H. The minimum absolute atomic E-state index is 0. The molecule has 1 saturated heterocycles. The molecule has 2 aromatic rings. The van der Waals surface area contributed by atoms with Gasteiger partial charge in [-0.15, -0.1) is 24.0 Å². The summed E-state index contributed by atoms with van der Waals surface area (Å²) in [5.41, 5.74) is 3.53. The van der Waals surface area contributed by atoms with Crippen LogP contribution in [-0.4, -0.2) is 47.4 Å². The van der Waals surface area contributed by atoms with E-state index >= 15 is 0 Å². The van der Waals surface area contributed by atoms with Gasteiger partial charge in [-0.1, -0.05) is 12.1 Å². The Kier molecular flexibility index (Phi) is 10.2. The lowest BCUT2D eigenvalue weighted by Crippen LogP contribution is -2.38. The van der Waals surface area contributed by atoms with Crippen LogP contribution in [0.5, 0.6) is 17.2 Å². The predicted molar refractivity (Wildman–Crippen MR) is 141 cm³/mol. The smallest absolute Gasteiger partial charge is 0.203 e. The van der Waals surface area contributed by atoms with Gasteiger partial charge in [0, 0.05) is 32.4 Å². The van der Waals surface area contributed by atoms with E-state index in [9.17, 15) is 0 Å². The van der Waals surface area contributed by atoms with Gasteiger partial charge < -0.3 is 29.7 Å². The molecule has 0 amide bonds. The zero-order chi connectivity index (χ0) is 22.2. The van der Waals surface area contributed by atoms with Crippen molar-refractivity contribution in [1.82, 2.24) is 10.6 Å². The third kappa shape index (κ3) is 6.34. The van der Waals surface area contributed by atoms with E-state index < -0.39 is 0 Å². The molecular weight excluding hydrogens is 519 g/mol. The molecule has 176 valence electrons. The number of hydrogen-bond acceptors (Lipinski definition) is 5. The molecule has 1 heterocycles. The SMILES string of the molecule is CN=C(NCc1cc(OC)c(OC)c(OC)c1)NC(C)c1cccc(N2CCCC2)c1.I. The largest absolute Gasteiger partial charge is 0.493 e. The van der Waals surface area contributed by atoms with Gasteiger partial charge in [-0.25, -0.2) is 0 Å². The molecule has 0 aromatic heterocycles. The summed E-state index contributed by atoms with van der Waals surface area (Å²) in [6.07, 6.45) is 2.55. The summed E-state index contributed by atoms with van der Waals surface area (Å²) in [6, 6.07) is 12.7. The highest BCUT2D eigenvalue weighted by atomic mass is 127. The molecule has 8 heteroatoms. The number of halogens is 1. The molecule has 2 aromatic carbocycles. The Bertz CT molecular complexity index is 876. The van der Waals surface area contributed by atoms with E-state index in [1.54, 1.807) is 28.4 Å². The van der Waals surface area contributed by atoms with Crippen molar-refractivity contribution in [3.05, 3.63) is 47.5 Å². The van der Waals surface area contributed by atoms with Crippen molar-refractivity contribution in [1.29, 1.82) is 0 Å². The fourth-order valence-electron chi connectivity index (χ4n) is 3.87. The second kappa shape index (κ2) is 12.6. The summed E-state index contributed by atoms with van der Waals surface area (Å²) >= 11 is 0. The average Bonchev–Trinajstić information content (AvgIpc) is 3.36. The topological polar surface area (TPSA) is 67.4 Å². The van der Waals surface area contributed by atoms with Gasteiger partial charge in [-0.3, -0.25) is 4.99 Å². The van der Waals surface area contributed by atoms with Crippen LogP contribution in [0.4, 0.5) is 5.69 Å². The molecule has 0 spiro atoms. The number of anilines is 1. The minimum Gasteiger partial charge on any atom is -0.493 e. The molecule has 1 unspecified atom stereocenters. The number of ether oxygens (including phenoxy) is 3. The van der Waals surface area contributed by atoms with E-state index in [1.165, 1.54) is 24.1 Å². The van der Waals surface area contributed by atoms with Gasteiger partial charge in [-0.2, -0.15) is 0 Å². The van der Waals surface area contributed by atoms with Crippen LogP contribution in [0, 0.1) is 0 Å². The number of hydrogen-bond donors (Lipinski definition) is 2. The lowest BCUT2D eigenvalue weighted by Gasteiger charge is -2.22. The van der Waals surface area contributed by atoms with Crippen LogP contribution in [0.2, 0.25) is 0 Å². The zero-order valence-electron chi connectivity index (χ0n) is 19.6. The highest BCUT2D eigenvalue weighted by Crippen LogP contribution is 2.38. The first-order valence-electron chi connectivity index (χ1n) is 10.7. The summed E-state index contributed by atoms with van der Waals surface area (Å²) in [5, 5.41) is 6.86. The van der Waals surface area contributed by atoms with Crippen LogP contribution in [0.3, 0.4) is 0 Å². The molecule has 7 nitrogen and oxygen atoms in total. The Hall–Kier alpha value is -2.36. The number of methoxy groups -OCH3 is 3. The van der Waals surface area contributed by atoms with E-state index in [4.69, 9.17) is 14.2 Å². The number of rotatable bonds is 8. The van der Waals surface area contributed by atoms with Gasteiger partial charge in [0.2, 0.25) is 5.75 Å². The third-order valence-electron chi connectivity index (χ3n) is 5.60. The van der Waals surface area contributed by atoms with Crippen LogP contribution in [-0.2, 0) is 6.54 Å². The summed E-state index contributed by atoms with van der Waals surface area (Å²) in [4.78, 5) is 6.84. The third-order valence-corrected chi connectivity index (χ3v) is 5.60. The first-order chi connectivity index (χ1) is 15.1.